The van der Waals surface area contributed by atoms with E-state index in [2.05, 4.69) is 27.2 Å². The van der Waals surface area contributed by atoms with Crippen LogP contribution >= 0.6 is 11.3 Å². The Morgan fingerprint density at radius 1 is 1.37 bits per heavy atom. The number of rotatable bonds is 6. The Hall–Kier alpha value is -1.69. The van der Waals surface area contributed by atoms with Crippen molar-refractivity contribution in [3.63, 3.8) is 0 Å². The van der Waals surface area contributed by atoms with Crippen molar-refractivity contribution in [2.75, 3.05) is 5.32 Å². The van der Waals surface area contributed by atoms with Crippen molar-refractivity contribution in [1.29, 1.82) is 0 Å². The Labute approximate surface area is 117 Å². The van der Waals surface area contributed by atoms with Crippen molar-refractivity contribution in [1.82, 2.24) is 15.0 Å². The first kappa shape index (κ1) is 13.7. The zero-order valence-corrected chi connectivity index (χ0v) is 12.2. The van der Waals surface area contributed by atoms with Gasteiger partial charge in [-0.25, -0.2) is 9.97 Å². The first-order valence-electron chi connectivity index (χ1n) is 6.34. The predicted molar refractivity (Wildman–Crippen MR) is 76.6 cm³/mol. The molecule has 0 fully saturated rings. The molecule has 0 radical (unpaired) electrons. The Morgan fingerprint density at radius 2 is 2.21 bits per heavy atom. The summed E-state index contributed by atoms with van der Waals surface area (Å²) in [6.45, 7) is 6.70. The van der Waals surface area contributed by atoms with E-state index >= 15 is 0 Å². The Kier molecular flexibility index (Phi) is 4.68. The molecule has 0 aliphatic carbocycles. The van der Waals surface area contributed by atoms with Gasteiger partial charge in [0, 0.05) is 23.3 Å². The van der Waals surface area contributed by atoms with Crippen LogP contribution in [0.15, 0.2) is 18.5 Å². The molecule has 0 bridgehead atoms. The van der Waals surface area contributed by atoms with Crippen LogP contribution in [0, 0.1) is 0 Å². The molecule has 0 amide bonds. The van der Waals surface area contributed by atoms with Crippen molar-refractivity contribution in [3.05, 3.63) is 28.3 Å². The summed E-state index contributed by atoms with van der Waals surface area (Å²) in [6.07, 6.45) is 4.73. The molecule has 102 valence electrons. The molecular weight excluding hydrogens is 260 g/mol. The smallest absolute Gasteiger partial charge is 0.226 e. The van der Waals surface area contributed by atoms with Crippen LogP contribution in [0.3, 0.4) is 0 Å². The molecule has 2 aromatic heterocycles. The van der Waals surface area contributed by atoms with E-state index in [0.717, 1.165) is 11.4 Å². The van der Waals surface area contributed by atoms with E-state index in [1.165, 1.54) is 4.88 Å². The van der Waals surface area contributed by atoms with Crippen LogP contribution in [0.2, 0.25) is 0 Å². The summed E-state index contributed by atoms with van der Waals surface area (Å²) in [5.74, 6) is 1.15. The highest BCUT2D eigenvalue weighted by Gasteiger charge is 2.04. The SMILES string of the molecule is CCc1cnc(CNc2nccc(OC(C)C)n2)s1. The zero-order chi connectivity index (χ0) is 13.7. The molecule has 0 saturated carbocycles. The molecule has 2 rings (SSSR count). The van der Waals surface area contributed by atoms with Gasteiger partial charge in [0.1, 0.15) is 5.01 Å². The maximum Gasteiger partial charge on any atom is 0.226 e. The minimum Gasteiger partial charge on any atom is -0.475 e. The molecule has 0 unspecified atom stereocenters. The van der Waals surface area contributed by atoms with Crippen LogP contribution < -0.4 is 10.1 Å². The van der Waals surface area contributed by atoms with E-state index in [1.807, 2.05) is 20.0 Å². The molecular formula is C13H18N4OS. The second kappa shape index (κ2) is 6.47. The fraction of sp³-hybridized carbons (Fsp3) is 0.462. The number of aryl methyl sites for hydroxylation is 1. The third kappa shape index (κ3) is 4.17. The lowest BCUT2D eigenvalue weighted by Crippen LogP contribution is -2.09. The minimum atomic E-state index is 0.105. The molecule has 0 aliphatic heterocycles. The van der Waals surface area contributed by atoms with Crippen LogP contribution in [-0.2, 0) is 13.0 Å². The van der Waals surface area contributed by atoms with Crippen LogP contribution in [0.4, 0.5) is 5.95 Å². The van der Waals surface area contributed by atoms with Crippen molar-refractivity contribution in [2.24, 2.45) is 0 Å². The summed E-state index contributed by atoms with van der Waals surface area (Å²) in [5, 5.41) is 4.20. The molecule has 0 aliphatic rings. The van der Waals surface area contributed by atoms with Crippen LogP contribution in [0.1, 0.15) is 30.7 Å². The summed E-state index contributed by atoms with van der Waals surface area (Å²) >= 11 is 1.71. The van der Waals surface area contributed by atoms with Gasteiger partial charge < -0.3 is 10.1 Å². The highest BCUT2D eigenvalue weighted by Crippen LogP contribution is 2.15. The zero-order valence-electron chi connectivity index (χ0n) is 11.4. The fourth-order valence-corrected chi connectivity index (χ4v) is 2.28. The first-order chi connectivity index (χ1) is 9.17. The monoisotopic (exact) mass is 278 g/mol. The largest absolute Gasteiger partial charge is 0.475 e. The molecule has 19 heavy (non-hydrogen) atoms. The van der Waals surface area contributed by atoms with Gasteiger partial charge >= 0.3 is 0 Å². The van der Waals surface area contributed by atoms with Crippen LogP contribution in [0.5, 0.6) is 5.88 Å². The molecule has 2 heterocycles. The predicted octanol–water partition coefficient (Wildman–Crippen LogP) is 2.89. The van der Waals surface area contributed by atoms with Crippen LogP contribution in [-0.4, -0.2) is 21.1 Å². The number of nitrogens with one attached hydrogen (secondary N) is 1. The fourth-order valence-electron chi connectivity index (χ4n) is 1.48. The molecule has 1 N–H and O–H groups in total. The van der Waals surface area contributed by atoms with Gasteiger partial charge in [-0.15, -0.1) is 11.3 Å². The van der Waals surface area contributed by atoms with Crippen molar-refractivity contribution in [2.45, 2.75) is 39.8 Å². The van der Waals surface area contributed by atoms with Crippen molar-refractivity contribution >= 4 is 17.3 Å². The summed E-state index contributed by atoms with van der Waals surface area (Å²) in [4.78, 5) is 14.1. The minimum absolute atomic E-state index is 0.105. The molecule has 0 spiro atoms. The molecule has 6 heteroatoms. The molecule has 5 nitrogen and oxygen atoms in total. The lowest BCUT2D eigenvalue weighted by Gasteiger charge is -2.09. The molecule has 0 aromatic carbocycles. The molecule has 2 aromatic rings. The summed E-state index contributed by atoms with van der Waals surface area (Å²) < 4.78 is 5.52. The van der Waals surface area contributed by atoms with Crippen LogP contribution in [0.25, 0.3) is 0 Å². The van der Waals surface area contributed by atoms with Gasteiger partial charge in [-0.1, -0.05) is 6.92 Å². The second-order valence-corrected chi connectivity index (χ2v) is 5.51. The number of hydrogen-bond acceptors (Lipinski definition) is 6. The Balaban J connectivity index is 1.95. The van der Waals surface area contributed by atoms with Gasteiger partial charge in [0.15, 0.2) is 0 Å². The maximum atomic E-state index is 5.52. The Bertz CT molecular complexity index is 527. The third-order valence-electron chi connectivity index (χ3n) is 2.33. The van der Waals surface area contributed by atoms with Crippen molar-refractivity contribution < 1.29 is 4.74 Å². The normalized spacial score (nSPS) is 10.7. The quantitative estimate of drug-likeness (QED) is 0.880. The summed E-state index contributed by atoms with van der Waals surface area (Å²) in [5.41, 5.74) is 0. The maximum absolute atomic E-state index is 5.52. The number of thiazole rings is 1. The molecule has 0 atom stereocenters. The average Bonchev–Trinajstić information content (AvgIpc) is 2.84. The third-order valence-corrected chi connectivity index (χ3v) is 3.48. The van der Waals surface area contributed by atoms with Gasteiger partial charge in [0.2, 0.25) is 11.8 Å². The number of aromatic nitrogens is 3. The summed E-state index contributed by atoms with van der Waals surface area (Å²) in [7, 11) is 0. The molecule has 0 saturated heterocycles. The number of ether oxygens (including phenoxy) is 1. The van der Waals surface area contributed by atoms with Gasteiger partial charge in [0.05, 0.1) is 12.6 Å². The highest BCUT2D eigenvalue weighted by molar-refractivity contribution is 7.11. The topological polar surface area (TPSA) is 59.9 Å². The number of hydrogen-bond donors (Lipinski definition) is 1. The summed E-state index contributed by atoms with van der Waals surface area (Å²) in [6, 6.07) is 1.75. The Morgan fingerprint density at radius 3 is 2.89 bits per heavy atom. The van der Waals surface area contributed by atoms with Gasteiger partial charge in [-0.05, 0) is 20.3 Å². The standard InChI is InChI=1S/C13H18N4OS/c1-4-10-7-15-12(19-10)8-16-13-14-6-5-11(17-13)18-9(2)3/h5-7,9H,4,8H2,1-3H3,(H,14,16,17). The first-order valence-corrected chi connectivity index (χ1v) is 7.16. The van der Waals surface area contributed by atoms with E-state index in [4.69, 9.17) is 4.74 Å². The van der Waals surface area contributed by atoms with Gasteiger partial charge in [-0.2, -0.15) is 4.98 Å². The van der Waals surface area contributed by atoms with E-state index in [1.54, 1.807) is 23.6 Å². The average molecular weight is 278 g/mol. The van der Waals surface area contributed by atoms with E-state index in [-0.39, 0.29) is 6.10 Å². The lowest BCUT2D eigenvalue weighted by atomic mass is 10.4. The lowest BCUT2D eigenvalue weighted by molar-refractivity contribution is 0.232. The van der Waals surface area contributed by atoms with Gasteiger partial charge in [-0.3, -0.25) is 0 Å². The number of nitrogens with zero attached hydrogens (tertiary/aromatic N) is 3. The van der Waals surface area contributed by atoms with E-state index in [9.17, 15) is 0 Å². The van der Waals surface area contributed by atoms with E-state index in [0.29, 0.717) is 18.4 Å². The van der Waals surface area contributed by atoms with Gasteiger partial charge in [0.25, 0.3) is 0 Å². The van der Waals surface area contributed by atoms with Crippen molar-refractivity contribution in [3.8, 4) is 5.88 Å². The van der Waals surface area contributed by atoms with E-state index < -0.39 is 0 Å². The second-order valence-electron chi connectivity index (χ2n) is 4.31. The number of anilines is 1. The highest BCUT2D eigenvalue weighted by atomic mass is 32.1.